The average molecular weight is 407 g/mol. The van der Waals surface area contributed by atoms with Crippen molar-refractivity contribution in [3.8, 4) is 0 Å². The van der Waals surface area contributed by atoms with Crippen LogP contribution in [0.3, 0.4) is 0 Å². The minimum absolute atomic E-state index is 0.0798. The molecule has 0 spiro atoms. The number of fused-ring (bicyclic) bond motifs is 1. The number of pyridine rings is 1. The van der Waals surface area contributed by atoms with Crippen molar-refractivity contribution < 1.29 is 13.2 Å². The first-order valence-corrected chi connectivity index (χ1v) is 12.2. The van der Waals surface area contributed by atoms with E-state index in [9.17, 15) is 13.2 Å². The summed E-state index contributed by atoms with van der Waals surface area (Å²) in [7, 11) is -3.11. The molecule has 3 aliphatic rings. The Morgan fingerprint density at radius 2 is 1.82 bits per heavy atom. The van der Waals surface area contributed by atoms with Crippen LogP contribution in [0.4, 0.5) is 0 Å². The maximum Gasteiger partial charge on any atom is 0.255 e. The molecule has 4 rings (SSSR count). The third-order valence-corrected chi connectivity index (χ3v) is 7.80. The number of sulfonamides is 1. The Labute approximate surface area is 167 Å². The molecule has 1 amide bonds. The van der Waals surface area contributed by atoms with E-state index in [1.807, 2.05) is 17.0 Å². The Morgan fingerprint density at radius 1 is 1.04 bits per heavy atom. The minimum Gasteiger partial charge on any atom is -0.336 e. The smallest absolute Gasteiger partial charge is 0.255 e. The zero-order valence-electron chi connectivity index (χ0n) is 16.6. The van der Waals surface area contributed by atoms with Crippen LogP contribution in [0.1, 0.15) is 54.1 Å². The summed E-state index contributed by atoms with van der Waals surface area (Å²) in [6, 6.07) is 4.35. The van der Waals surface area contributed by atoms with Crippen LogP contribution in [-0.2, 0) is 10.0 Å². The predicted octanol–water partition coefficient (Wildman–Crippen LogP) is 1.53. The molecule has 3 saturated heterocycles. The summed E-state index contributed by atoms with van der Waals surface area (Å²) in [5.74, 6) is 0.337. The van der Waals surface area contributed by atoms with E-state index in [2.05, 4.69) is 9.88 Å². The fourth-order valence-electron chi connectivity index (χ4n) is 4.78. The lowest BCUT2D eigenvalue weighted by atomic mass is 9.94. The van der Waals surface area contributed by atoms with Crippen LogP contribution in [0, 0.1) is 0 Å². The number of carbonyl (C=O) groups is 1. The molecule has 3 aliphatic heterocycles. The molecule has 0 aromatic carbocycles. The van der Waals surface area contributed by atoms with Crippen LogP contribution in [0.25, 0.3) is 0 Å². The molecule has 1 aromatic rings. The average Bonchev–Trinajstić information content (AvgIpc) is 2.72. The molecule has 0 radical (unpaired) electrons. The van der Waals surface area contributed by atoms with Gasteiger partial charge < -0.3 is 4.90 Å². The molecule has 154 valence electrons. The zero-order chi connectivity index (χ0) is 19.7. The highest BCUT2D eigenvalue weighted by molar-refractivity contribution is 7.88. The molecule has 4 heterocycles. The molecule has 0 unspecified atom stereocenters. The van der Waals surface area contributed by atoms with Gasteiger partial charge in [-0.15, -0.1) is 0 Å². The monoisotopic (exact) mass is 406 g/mol. The normalized spacial score (nSPS) is 25.5. The number of carbonyl (C=O) groups excluding carboxylic acids is 1. The van der Waals surface area contributed by atoms with Gasteiger partial charge in [0.1, 0.15) is 0 Å². The maximum absolute atomic E-state index is 12.9. The highest BCUT2D eigenvalue weighted by Gasteiger charge is 2.32. The Bertz CT molecular complexity index is 803. The second kappa shape index (κ2) is 8.08. The number of nitrogens with zero attached hydrogens (tertiary/aromatic N) is 4. The van der Waals surface area contributed by atoms with Crippen molar-refractivity contribution in [2.75, 3.05) is 45.5 Å². The SMILES string of the molecule is CS(=O)(=O)N1CCC(c2ccc(C(=O)N3CCN4CCCC[C@H]4C3)cn2)CC1. The van der Waals surface area contributed by atoms with Crippen molar-refractivity contribution in [3.05, 3.63) is 29.6 Å². The van der Waals surface area contributed by atoms with Crippen LogP contribution in [0.2, 0.25) is 0 Å². The van der Waals surface area contributed by atoms with E-state index < -0.39 is 10.0 Å². The number of hydrogen-bond donors (Lipinski definition) is 0. The van der Waals surface area contributed by atoms with E-state index in [1.165, 1.54) is 36.4 Å². The number of hydrogen-bond acceptors (Lipinski definition) is 5. The van der Waals surface area contributed by atoms with Crippen molar-refractivity contribution >= 4 is 15.9 Å². The van der Waals surface area contributed by atoms with Crippen molar-refractivity contribution in [2.24, 2.45) is 0 Å². The molecule has 3 fully saturated rings. The van der Waals surface area contributed by atoms with E-state index in [0.717, 1.165) is 38.2 Å². The van der Waals surface area contributed by atoms with Gasteiger partial charge in [0.15, 0.2) is 0 Å². The molecule has 28 heavy (non-hydrogen) atoms. The quantitative estimate of drug-likeness (QED) is 0.761. The van der Waals surface area contributed by atoms with Crippen LogP contribution in [0.5, 0.6) is 0 Å². The Kier molecular flexibility index (Phi) is 5.71. The van der Waals surface area contributed by atoms with Gasteiger partial charge in [0, 0.05) is 56.6 Å². The van der Waals surface area contributed by atoms with Gasteiger partial charge in [0.25, 0.3) is 5.91 Å². The third-order valence-electron chi connectivity index (χ3n) is 6.50. The first-order valence-electron chi connectivity index (χ1n) is 10.4. The summed E-state index contributed by atoms with van der Waals surface area (Å²) >= 11 is 0. The summed E-state index contributed by atoms with van der Waals surface area (Å²) < 4.78 is 24.8. The van der Waals surface area contributed by atoms with Gasteiger partial charge in [-0.2, -0.15) is 0 Å². The number of amides is 1. The number of piperazine rings is 1. The molecule has 7 nitrogen and oxygen atoms in total. The highest BCUT2D eigenvalue weighted by atomic mass is 32.2. The van der Waals surface area contributed by atoms with Gasteiger partial charge in [-0.1, -0.05) is 6.42 Å². The second-order valence-electron chi connectivity index (χ2n) is 8.34. The van der Waals surface area contributed by atoms with Crippen LogP contribution in [-0.4, -0.2) is 85.0 Å². The summed E-state index contributed by atoms with van der Waals surface area (Å²) in [4.78, 5) is 22.0. The van der Waals surface area contributed by atoms with E-state index in [-0.39, 0.29) is 11.8 Å². The molecule has 1 atom stereocenters. The molecule has 1 aromatic heterocycles. The van der Waals surface area contributed by atoms with Gasteiger partial charge in [-0.25, -0.2) is 12.7 Å². The topological polar surface area (TPSA) is 73.8 Å². The maximum atomic E-state index is 12.9. The van der Waals surface area contributed by atoms with E-state index in [0.29, 0.717) is 24.7 Å². The first-order chi connectivity index (χ1) is 13.4. The Morgan fingerprint density at radius 3 is 2.50 bits per heavy atom. The lowest BCUT2D eigenvalue weighted by molar-refractivity contribution is 0.0372. The van der Waals surface area contributed by atoms with E-state index in [4.69, 9.17) is 0 Å². The van der Waals surface area contributed by atoms with Crippen molar-refractivity contribution in [2.45, 2.75) is 44.1 Å². The number of rotatable bonds is 3. The molecule has 0 aliphatic carbocycles. The largest absolute Gasteiger partial charge is 0.336 e. The first kappa shape index (κ1) is 19.8. The summed E-state index contributed by atoms with van der Waals surface area (Å²) in [5.41, 5.74) is 1.61. The van der Waals surface area contributed by atoms with Crippen molar-refractivity contribution in [3.63, 3.8) is 0 Å². The van der Waals surface area contributed by atoms with Gasteiger partial charge in [0.2, 0.25) is 10.0 Å². The lowest BCUT2D eigenvalue weighted by Crippen LogP contribution is -2.56. The van der Waals surface area contributed by atoms with Crippen LogP contribution < -0.4 is 0 Å². The fraction of sp³-hybridized carbons (Fsp3) is 0.700. The third kappa shape index (κ3) is 4.23. The molecule has 0 saturated carbocycles. The summed E-state index contributed by atoms with van der Waals surface area (Å²) in [6.07, 6.45) is 8.24. The standard InChI is InChI=1S/C20H30N4O3S/c1-28(26,27)24-10-7-16(8-11-24)19-6-5-17(14-21-19)20(25)23-13-12-22-9-3-2-4-18(22)15-23/h5-6,14,16,18H,2-4,7-13,15H2,1H3/t18-/m0/s1. The Balaban J connectivity index is 1.36. The molecular weight excluding hydrogens is 376 g/mol. The zero-order valence-corrected chi connectivity index (χ0v) is 17.4. The molecule has 0 N–H and O–H groups in total. The molecule has 8 heteroatoms. The van der Waals surface area contributed by atoms with Crippen LogP contribution >= 0.6 is 0 Å². The van der Waals surface area contributed by atoms with Gasteiger partial charge in [-0.3, -0.25) is 14.7 Å². The fourth-order valence-corrected chi connectivity index (χ4v) is 5.65. The van der Waals surface area contributed by atoms with Crippen molar-refractivity contribution in [1.29, 1.82) is 0 Å². The van der Waals surface area contributed by atoms with Gasteiger partial charge in [0.05, 0.1) is 11.8 Å². The summed E-state index contributed by atoms with van der Waals surface area (Å²) in [6.45, 7) is 4.84. The number of piperidine rings is 2. The van der Waals surface area contributed by atoms with Gasteiger partial charge >= 0.3 is 0 Å². The number of aromatic nitrogens is 1. The van der Waals surface area contributed by atoms with Crippen molar-refractivity contribution in [1.82, 2.24) is 19.1 Å². The lowest BCUT2D eigenvalue weighted by Gasteiger charge is -2.44. The highest BCUT2D eigenvalue weighted by Crippen LogP contribution is 2.28. The van der Waals surface area contributed by atoms with E-state index in [1.54, 1.807) is 6.20 Å². The minimum atomic E-state index is -3.11. The summed E-state index contributed by atoms with van der Waals surface area (Å²) in [5, 5.41) is 0. The predicted molar refractivity (Wildman–Crippen MR) is 108 cm³/mol. The molecule has 0 bridgehead atoms. The van der Waals surface area contributed by atoms with Crippen LogP contribution in [0.15, 0.2) is 18.3 Å². The Hall–Kier alpha value is -1.51. The molecular formula is C20H30N4O3S. The second-order valence-corrected chi connectivity index (χ2v) is 10.3. The van der Waals surface area contributed by atoms with Gasteiger partial charge in [-0.05, 0) is 44.4 Å². The van der Waals surface area contributed by atoms with E-state index >= 15 is 0 Å².